The molecule has 2 aromatic heterocycles. The van der Waals surface area contributed by atoms with E-state index in [0.717, 1.165) is 0 Å². The van der Waals surface area contributed by atoms with Gasteiger partial charge in [0.2, 0.25) is 5.91 Å². The molecule has 0 unspecified atom stereocenters. The molecule has 0 bridgehead atoms. The standard InChI is InChI=1S/C20H24N6O3S2/c1-12(2)16(23-18(28)13-5-7-14(29-4)8-6-13)17-24-25-20(26(17)3)31-11-15(27)22-19-21-9-10-30-19/h5-10,12,16H,11H2,1-4H3,(H,23,28)(H,21,22,27)/t16-/m1/s1. The molecule has 164 valence electrons. The second-order valence-corrected chi connectivity index (χ2v) is 8.83. The second kappa shape index (κ2) is 10.4. The molecule has 31 heavy (non-hydrogen) atoms. The molecule has 1 atom stereocenters. The topological polar surface area (TPSA) is 111 Å². The second-order valence-electron chi connectivity index (χ2n) is 7.00. The van der Waals surface area contributed by atoms with Crippen molar-refractivity contribution in [3.8, 4) is 5.75 Å². The molecule has 1 aromatic carbocycles. The highest BCUT2D eigenvalue weighted by molar-refractivity contribution is 7.99. The van der Waals surface area contributed by atoms with Crippen molar-refractivity contribution in [2.75, 3.05) is 18.2 Å². The minimum atomic E-state index is -0.342. The summed E-state index contributed by atoms with van der Waals surface area (Å²) in [5, 5.41) is 17.2. The van der Waals surface area contributed by atoms with Crippen molar-refractivity contribution >= 4 is 40.0 Å². The van der Waals surface area contributed by atoms with Crippen LogP contribution in [0.4, 0.5) is 5.13 Å². The number of ether oxygens (including phenoxy) is 1. The van der Waals surface area contributed by atoms with Crippen LogP contribution in [0.15, 0.2) is 41.0 Å². The summed E-state index contributed by atoms with van der Waals surface area (Å²) >= 11 is 2.63. The zero-order valence-electron chi connectivity index (χ0n) is 17.7. The van der Waals surface area contributed by atoms with Crippen LogP contribution in [0.2, 0.25) is 0 Å². The maximum absolute atomic E-state index is 12.7. The molecule has 0 spiro atoms. The lowest BCUT2D eigenvalue weighted by Crippen LogP contribution is -2.33. The van der Waals surface area contributed by atoms with Gasteiger partial charge in [-0.25, -0.2) is 4.98 Å². The fraction of sp³-hybridized carbons (Fsp3) is 0.350. The van der Waals surface area contributed by atoms with Crippen LogP contribution < -0.4 is 15.4 Å². The third kappa shape index (κ3) is 5.82. The highest BCUT2D eigenvalue weighted by Gasteiger charge is 2.25. The predicted octanol–water partition coefficient (Wildman–Crippen LogP) is 3.14. The average Bonchev–Trinajstić information content (AvgIpc) is 3.40. The Bertz CT molecular complexity index is 1020. The zero-order valence-corrected chi connectivity index (χ0v) is 19.3. The third-order valence-electron chi connectivity index (χ3n) is 4.46. The Hall–Kier alpha value is -2.92. The van der Waals surface area contributed by atoms with Crippen LogP contribution in [-0.4, -0.2) is 44.4 Å². The van der Waals surface area contributed by atoms with Crippen LogP contribution in [0.3, 0.4) is 0 Å². The van der Waals surface area contributed by atoms with Crippen LogP contribution >= 0.6 is 23.1 Å². The first-order valence-electron chi connectivity index (χ1n) is 9.55. The Labute approximate surface area is 188 Å². The van der Waals surface area contributed by atoms with Gasteiger partial charge in [-0.1, -0.05) is 25.6 Å². The largest absolute Gasteiger partial charge is 0.497 e. The van der Waals surface area contributed by atoms with E-state index in [1.807, 2.05) is 20.9 Å². The first kappa shape index (κ1) is 22.8. The summed E-state index contributed by atoms with van der Waals surface area (Å²) in [4.78, 5) is 28.9. The molecule has 0 saturated heterocycles. The summed E-state index contributed by atoms with van der Waals surface area (Å²) in [6, 6.07) is 6.57. The van der Waals surface area contributed by atoms with Crippen LogP contribution in [0.1, 0.15) is 36.1 Å². The molecule has 2 N–H and O–H groups in total. The molecule has 0 aliphatic carbocycles. The third-order valence-corrected chi connectivity index (χ3v) is 6.17. The number of aromatic nitrogens is 4. The van der Waals surface area contributed by atoms with Gasteiger partial charge in [0.05, 0.1) is 18.9 Å². The van der Waals surface area contributed by atoms with Crippen molar-refractivity contribution in [1.29, 1.82) is 0 Å². The average molecular weight is 461 g/mol. The number of rotatable bonds is 9. The van der Waals surface area contributed by atoms with E-state index < -0.39 is 0 Å². The SMILES string of the molecule is COc1ccc(C(=O)N[C@@H](c2nnc(SCC(=O)Nc3nccs3)n2C)C(C)C)cc1. The van der Waals surface area contributed by atoms with Gasteiger partial charge in [-0.05, 0) is 30.2 Å². The number of benzene rings is 1. The van der Waals surface area contributed by atoms with E-state index in [1.54, 1.807) is 47.5 Å². The predicted molar refractivity (Wildman–Crippen MR) is 121 cm³/mol. The Morgan fingerprint density at radius 3 is 2.58 bits per heavy atom. The number of hydrogen-bond acceptors (Lipinski definition) is 8. The molecule has 0 saturated carbocycles. The molecule has 3 rings (SSSR count). The number of carbonyl (C=O) groups excluding carboxylic acids is 2. The van der Waals surface area contributed by atoms with Gasteiger partial charge in [0.1, 0.15) is 5.75 Å². The maximum atomic E-state index is 12.7. The highest BCUT2D eigenvalue weighted by atomic mass is 32.2. The van der Waals surface area contributed by atoms with Gasteiger partial charge in [0, 0.05) is 24.2 Å². The van der Waals surface area contributed by atoms with Crippen molar-refractivity contribution < 1.29 is 14.3 Å². The Balaban J connectivity index is 1.66. The first-order chi connectivity index (χ1) is 14.9. The lowest BCUT2D eigenvalue weighted by atomic mass is 10.0. The van der Waals surface area contributed by atoms with Crippen molar-refractivity contribution in [3.63, 3.8) is 0 Å². The Kier molecular flexibility index (Phi) is 7.64. The van der Waals surface area contributed by atoms with E-state index in [4.69, 9.17) is 4.74 Å². The van der Waals surface area contributed by atoms with Gasteiger partial charge in [0.25, 0.3) is 5.91 Å². The minimum Gasteiger partial charge on any atom is -0.497 e. The van der Waals surface area contributed by atoms with E-state index >= 15 is 0 Å². The summed E-state index contributed by atoms with van der Waals surface area (Å²) in [5.41, 5.74) is 0.530. The maximum Gasteiger partial charge on any atom is 0.251 e. The van der Waals surface area contributed by atoms with Gasteiger partial charge in [0.15, 0.2) is 16.1 Å². The summed E-state index contributed by atoms with van der Waals surface area (Å²) in [5.74, 6) is 1.19. The highest BCUT2D eigenvalue weighted by Crippen LogP contribution is 2.25. The molecule has 11 heteroatoms. The molecule has 0 aliphatic heterocycles. The molecule has 3 aromatic rings. The van der Waals surface area contributed by atoms with E-state index in [2.05, 4.69) is 25.8 Å². The number of carbonyl (C=O) groups is 2. The summed E-state index contributed by atoms with van der Waals surface area (Å²) in [6.07, 6.45) is 1.63. The smallest absolute Gasteiger partial charge is 0.251 e. The fourth-order valence-electron chi connectivity index (χ4n) is 2.79. The summed E-state index contributed by atoms with van der Waals surface area (Å²) in [6.45, 7) is 4.00. The van der Waals surface area contributed by atoms with Gasteiger partial charge in [-0.15, -0.1) is 21.5 Å². The molecule has 0 radical (unpaired) electrons. The minimum absolute atomic E-state index is 0.0798. The Morgan fingerprint density at radius 2 is 1.97 bits per heavy atom. The van der Waals surface area contributed by atoms with Crippen molar-refractivity contribution in [1.82, 2.24) is 25.1 Å². The van der Waals surface area contributed by atoms with Gasteiger partial charge in [-0.2, -0.15) is 0 Å². The number of thioether (sulfide) groups is 1. The number of amides is 2. The Morgan fingerprint density at radius 1 is 1.23 bits per heavy atom. The van der Waals surface area contributed by atoms with Crippen molar-refractivity contribution in [2.45, 2.75) is 25.0 Å². The zero-order chi connectivity index (χ0) is 22.4. The summed E-state index contributed by atoms with van der Waals surface area (Å²) < 4.78 is 6.94. The normalized spacial score (nSPS) is 11.9. The number of nitrogens with one attached hydrogen (secondary N) is 2. The number of anilines is 1. The molecule has 9 nitrogen and oxygen atoms in total. The van der Waals surface area contributed by atoms with Gasteiger partial charge < -0.3 is 19.9 Å². The molecule has 0 aliphatic rings. The van der Waals surface area contributed by atoms with Crippen LogP contribution in [0.5, 0.6) is 5.75 Å². The number of nitrogens with zero attached hydrogens (tertiary/aromatic N) is 4. The van der Waals surface area contributed by atoms with E-state index in [-0.39, 0.29) is 29.5 Å². The lowest BCUT2D eigenvalue weighted by Gasteiger charge is -2.21. The number of thiazole rings is 1. The fourth-order valence-corrected chi connectivity index (χ4v) is 4.05. The van der Waals surface area contributed by atoms with E-state index in [1.165, 1.54) is 23.1 Å². The monoisotopic (exact) mass is 460 g/mol. The van der Waals surface area contributed by atoms with E-state index in [0.29, 0.717) is 27.4 Å². The summed E-state index contributed by atoms with van der Waals surface area (Å²) in [7, 11) is 3.40. The van der Waals surface area contributed by atoms with Crippen LogP contribution in [0.25, 0.3) is 0 Å². The van der Waals surface area contributed by atoms with Gasteiger partial charge in [-0.3, -0.25) is 9.59 Å². The van der Waals surface area contributed by atoms with Crippen LogP contribution in [0, 0.1) is 5.92 Å². The van der Waals surface area contributed by atoms with Crippen LogP contribution in [-0.2, 0) is 11.8 Å². The number of hydrogen-bond donors (Lipinski definition) is 2. The van der Waals surface area contributed by atoms with Gasteiger partial charge >= 0.3 is 0 Å². The number of methoxy groups -OCH3 is 1. The molecule has 2 heterocycles. The molecular formula is C20H24N6O3S2. The van der Waals surface area contributed by atoms with Crippen molar-refractivity contribution in [3.05, 3.63) is 47.2 Å². The first-order valence-corrected chi connectivity index (χ1v) is 11.4. The van der Waals surface area contributed by atoms with E-state index in [9.17, 15) is 9.59 Å². The van der Waals surface area contributed by atoms with Crippen molar-refractivity contribution in [2.24, 2.45) is 13.0 Å². The molecule has 2 amide bonds. The quantitative estimate of drug-likeness (QED) is 0.472. The lowest BCUT2D eigenvalue weighted by molar-refractivity contribution is -0.113. The molecular weight excluding hydrogens is 436 g/mol. The molecule has 0 fully saturated rings.